The van der Waals surface area contributed by atoms with Crippen molar-refractivity contribution in [3.05, 3.63) is 41.9 Å². The van der Waals surface area contributed by atoms with Gasteiger partial charge in [0.1, 0.15) is 11.4 Å². The van der Waals surface area contributed by atoms with Gasteiger partial charge in [-0.05, 0) is 38.5 Å². The van der Waals surface area contributed by atoms with E-state index in [4.69, 9.17) is 4.74 Å². The Kier molecular flexibility index (Phi) is 5.73. The molecule has 0 saturated carbocycles. The highest BCUT2D eigenvalue weighted by Crippen LogP contribution is 2.22. The van der Waals surface area contributed by atoms with Crippen molar-refractivity contribution in [1.29, 1.82) is 0 Å². The van der Waals surface area contributed by atoms with E-state index >= 15 is 0 Å². The maximum atomic E-state index is 12.3. The molecule has 0 saturated heterocycles. The van der Waals surface area contributed by atoms with Crippen LogP contribution in [0.15, 0.2) is 30.7 Å². The fraction of sp³-hybridized carbons (Fsp3) is 0.368. The number of aromatic nitrogens is 4. The number of rotatable bonds is 7. The molecule has 8 nitrogen and oxygen atoms in total. The molecule has 3 aromatic rings. The first-order valence-corrected chi connectivity index (χ1v) is 8.86. The number of nitrogens with one attached hydrogen (secondary N) is 1. The fourth-order valence-corrected chi connectivity index (χ4v) is 2.62. The van der Waals surface area contributed by atoms with Gasteiger partial charge in [-0.2, -0.15) is 5.10 Å². The number of amides is 1. The number of alkyl halides is 2. The number of pyridine rings is 2. The van der Waals surface area contributed by atoms with Gasteiger partial charge in [0, 0.05) is 24.2 Å². The maximum Gasteiger partial charge on any atom is 0.272 e. The lowest BCUT2D eigenvalue weighted by molar-refractivity contribution is -0.130. The molecule has 0 atom stereocenters. The molecular weight excluding hydrogens is 384 g/mol. The van der Waals surface area contributed by atoms with Crippen molar-refractivity contribution in [1.82, 2.24) is 19.7 Å². The van der Waals surface area contributed by atoms with Crippen LogP contribution in [0.1, 0.15) is 25.0 Å². The van der Waals surface area contributed by atoms with Crippen LogP contribution >= 0.6 is 0 Å². The first kappa shape index (κ1) is 20.6. The molecule has 0 radical (unpaired) electrons. The number of hydrogen-bond acceptors (Lipinski definition) is 6. The molecule has 3 heterocycles. The molecule has 10 heteroatoms. The van der Waals surface area contributed by atoms with E-state index in [9.17, 15) is 18.7 Å². The zero-order valence-corrected chi connectivity index (χ0v) is 16.2. The lowest BCUT2D eigenvalue weighted by Crippen LogP contribution is -2.36. The van der Waals surface area contributed by atoms with Crippen molar-refractivity contribution < 1.29 is 23.4 Å². The summed E-state index contributed by atoms with van der Waals surface area (Å²) in [6, 6.07) is 3.49. The van der Waals surface area contributed by atoms with Crippen LogP contribution in [0.4, 0.5) is 14.6 Å². The number of aryl methyl sites for hydroxylation is 1. The summed E-state index contributed by atoms with van der Waals surface area (Å²) in [5.74, 6) is -0.115. The van der Waals surface area contributed by atoms with Gasteiger partial charge in [-0.3, -0.25) is 9.48 Å². The molecule has 0 aromatic carbocycles. The topological polar surface area (TPSA) is 102 Å². The van der Waals surface area contributed by atoms with E-state index < -0.39 is 24.5 Å². The minimum atomic E-state index is -2.56. The molecule has 0 fully saturated rings. The van der Waals surface area contributed by atoms with E-state index in [2.05, 4.69) is 20.4 Å². The number of carbonyl (C=O) groups is 1. The summed E-state index contributed by atoms with van der Waals surface area (Å²) >= 11 is 0. The van der Waals surface area contributed by atoms with Crippen LogP contribution in [0.25, 0.3) is 10.9 Å². The van der Waals surface area contributed by atoms with Gasteiger partial charge in [0.25, 0.3) is 12.3 Å². The van der Waals surface area contributed by atoms with E-state index in [0.29, 0.717) is 28.8 Å². The third-order valence-electron chi connectivity index (χ3n) is 4.05. The molecule has 0 aliphatic rings. The number of fused-ring (bicyclic) bond motifs is 1. The van der Waals surface area contributed by atoms with Crippen LogP contribution < -0.4 is 10.1 Å². The second kappa shape index (κ2) is 8.08. The van der Waals surface area contributed by atoms with Gasteiger partial charge in [-0.1, -0.05) is 0 Å². The minimum Gasteiger partial charge on any atom is -0.471 e. The first-order valence-electron chi connectivity index (χ1n) is 8.86. The number of ether oxygens (including phenoxy) is 1. The Morgan fingerprint density at radius 2 is 2.14 bits per heavy atom. The largest absolute Gasteiger partial charge is 0.471 e. The molecule has 3 aromatic heterocycles. The van der Waals surface area contributed by atoms with E-state index in [1.807, 2.05) is 0 Å². The van der Waals surface area contributed by atoms with Gasteiger partial charge >= 0.3 is 0 Å². The minimum absolute atomic E-state index is 0.167. The van der Waals surface area contributed by atoms with E-state index in [-0.39, 0.29) is 5.88 Å². The normalized spacial score (nSPS) is 11.8. The van der Waals surface area contributed by atoms with Gasteiger partial charge in [-0.25, -0.2) is 18.7 Å². The van der Waals surface area contributed by atoms with Crippen LogP contribution in [-0.4, -0.2) is 49.4 Å². The summed E-state index contributed by atoms with van der Waals surface area (Å²) in [5, 5.41) is 17.5. The number of halogens is 2. The Labute approximate surface area is 165 Å². The van der Waals surface area contributed by atoms with Crippen molar-refractivity contribution in [2.24, 2.45) is 0 Å². The summed E-state index contributed by atoms with van der Waals surface area (Å²) in [5.41, 5.74) is 0.513. The molecule has 154 valence electrons. The van der Waals surface area contributed by atoms with Crippen molar-refractivity contribution >= 4 is 22.6 Å². The highest BCUT2D eigenvalue weighted by Gasteiger charge is 2.25. The third kappa shape index (κ3) is 5.02. The highest BCUT2D eigenvalue weighted by molar-refractivity contribution is 6.02. The number of anilines is 1. The number of nitrogens with zero attached hydrogens (tertiary/aromatic N) is 4. The van der Waals surface area contributed by atoms with E-state index in [1.165, 1.54) is 26.2 Å². The summed E-state index contributed by atoms with van der Waals surface area (Å²) in [4.78, 5) is 20.3. The van der Waals surface area contributed by atoms with Gasteiger partial charge in [-0.15, -0.1) is 0 Å². The molecular formula is C19H21F2N5O3. The van der Waals surface area contributed by atoms with Crippen LogP contribution in [-0.2, 0) is 11.3 Å². The van der Waals surface area contributed by atoms with Gasteiger partial charge in [0.15, 0.2) is 6.61 Å². The SMILES string of the molecule is Cc1cc(Cn2cc3c(NC(=O)C(C)(C)O)nccc3n2)cnc1OCC(F)F. The molecule has 0 bridgehead atoms. The van der Waals surface area contributed by atoms with Crippen molar-refractivity contribution in [3.63, 3.8) is 0 Å². The first-order chi connectivity index (χ1) is 13.6. The second-order valence-electron chi connectivity index (χ2n) is 7.10. The van der Waals surface area contributed by atoms with Gasteiger partial charge < -0.3 is 15.2 Å². The lowest BCUT2D eigenvalue weighted by atomic mass is 10.1. The smallest absolute Gasteiger partial charge is 0.272 e. The number of hydrogen-bond donors (Lipinski definition) is 2. The van der Waals surface area contributed by atoms with Crippen LogP contribution in [0, 0.1) is 6.92 Å². The third-order valence-corrected chi connectivity index (χ3v) is 4.05. The van der Waals surface area contributed by atoms with Crippen molar-refractivity contribution in [2.45, 2.75) is 39.3 Å². The predicted molar refractivity (Wildman–Crippen MR) is 102 cm³/mol. The second-order valence-corrected chi connectivity index (χ2v) is 7.10. The standard InChI is InChI=1S/C19H21F2N5O3/c1-11-6-12(7-23-17(11)29-10-15(20)21)8-26-9-13-14(25-26)4-5-22-16(13)24-18(27)19(2,3)28/h4-7,9,15,28H,8,10H2,1-3H3,(H,22,24,27). The van der Waals surface area contributed by atoms with Crippen LogP contribution in [0.5, 0.6) is 5.88 Å². The monoisotopic (exact) mass is 405 g/mol. The Bertz CT molecular complexity index is 1030. The molecule has 29 heavy (non-hydrogen) atoms. The van der Waals surface area contributed by atoms with Gasteiger partial charge in [0.2, 0.25) is 5.88 Å². The van der Waals surface area contributed by atoms with Crippen molar-refractivity contribution in [2.75, 3.05) is 11.9 Å². The molecule has 0 aliphatic heterocycles. The molecule has 3 rings (SSSR count). The zero-order valence-electron chi connectivity index (χ0n) is 16.2. The average Bonchev–Trinajstić information content (AvgIpc) is 3.03. The van der Waals surface area contributed by atoms with E-state index in [0.717, 1.165) is 5.56 Å². The highest BCUT2D eigenvalue weighted by atomic mass is 19.3. The number of carbonyl (C=O) groups excluding carboxylic acids is 1. The summed E-state index contributed by atoms with van der Waals surface area (Å²) in [6.07, 6.45) is 2.21. The predicted octanol–water partition coefficient (Wildman–Crippen LogP) is 2.54. The maximum absolute atomic E-state index is 12.3. The van der Waals surface area contributed by atoms with Crippen LogP contribution in [0.2, 0.25) is 0 Å². The Hall–Kier alpha value is -3.14. The zero-order chi connectivity index (χ0) is 21.2. The van der Waals surface area contributed by atoms with Crippen LogP contribution in [0.3, 0.4) is 0 Å². The Morgan fingerprint density at radius 3 is 2.79 bits per heavy atom. The summed E-state index contributed by atoms with van der Waals surface area (Å²) < 4.78 is 31.2. The molecule has 0 spiro atoms. The Morgan fingerprint density at radius 1 is 1.38 bits per heavy atom. The summed E-state index contributed by atoms with van der Waals surface area (Å²) in [7, 11) is 0. The Balaban J connectivity index is 1.80. The quantitative estimate of drug-likeness (QED) is 0.626. The van der Waals surface area contributed by atoms with Crippen molar-refractivity contribution in [3.8, 4) is 5.88 Å². The van der Waals surface area contributed by atoms with Gasteiger partial charge in [0.05, 0.1) is 17.4 Å². The van der Waals surface area contributed by atoms with E-state index in [1.54, 1.807) is 29.9 Å². The molecule has 0 aliphatic carbocycles. The molecule has 2 N–H and O–H groups in total. The lowest BCUT2D eigenvalue weighted by Gasteiger charge is -2.16. The molecule has 0 unspecified atom stereocenters. The average molecular weight is 405 g/mol. The number of aliphatic hydroxyl groups is 1. The fourth-order valence-electron chi connectivity index (χ4n) is 2.62. The summed E-state index contributed by atoms with van der Waals surface area (Å²) in [6.45, 7) is 4.16. The molecule has 1 amide bonds.